The zero-order valence-corrected chi connectivity index (χ0v) is 22.5. The summed E-state index contributed by atoms with van der Waals surface area (Å²) in [4.78, 5) is 35.1. The third-order valence-electron chi connectivity index (χ3n) is 6.88. The van der Waals surface area contributed by atoms with Gasteiger partial charge in [0.05, 0.1) is 37.2 Å². The molecule has 0 spiro atoms. The van der Waals surface area contributed by atoms with E-state index in [4.69, 9.17) is 19.0 Å². The maximum absolute atomic E-state index is 14.0. The van der Waals surface area contributed by atoms with Gasteiger partial charge in [-0.25, -0.2) is 9.96 Å². The molecule has 3 aromatic rings. The number of fused-ring (bicyclic) bond motifs is 1. The quantitative estimate of drug-likeness (QED) is 0.232. The molecule has 2 fully saturated rings. The van der Waals surface area contributed by atoms with Gasteiger partial charge in [-0.15, -0.1) is 0 Å². The summed E-state index contributed by atoms with van der Waals surface area (Å²) in [5.41, 5.74) is 2.01. The number of ether oxygens (including phenoxy) is 3. The number of unbranched alkanes of at least 4 members (excludes halogenated alkanes) is 1. The molecule has 2 aliphatic rings. The molecule has 2 heterocycles. The Morgan fingerprint density at radius 1 is 0.769 bits per heavy atom. The molecule has 0 saturated carbocycles. The van der Waals surface area contributed by atoms with Crippen LogP contribution in [0.15, 0.2) is 72.8 Å². The van der Waals surface area contributed by atoms with Gasteiger partial charge in [-0.05, 0) is 62.2 Å². The van der Waals surface area contributed by atoms with Crippen molar-refractivity contribution in [3.8, 4) is 17.2 Å². The van der Waals surface area contributed by atoms with Gasteiger partial charge in [0.25, 0.3) is 5.91 Å². The van der Waals surface area contributed by atoms with Crippen molar-refractivity contribution in [1.82, 2.24) is 0 Å². The molecule has 39 heavy (non-hydrogen) atoms. The van der Waals surface area contributed by atoms with Crippen LogP contribution in [0.1, 0.15) is 45.2 Å². The van der Waals surface area contributed by atoms with Crippen molar-refractivity contribution in [3.05, 3.63) is 78.4 Å². The highest BCUT2D eigenvalue weighted by Crippen LogP contribution is 2.49. The number of para-hydroxylation sites is 1. The number of hydroxylamine groups is 1. The van der Waals surface area contributed by atoms with Crippen LogP contribution in [0.2, 0.25) is 0 Å². The Balaban J connectivity index is 1.54. The molecule has 0 N–H and O–H groups in total. The number of amides is 2. The first-order chi connectivity index (χ1) is 19.1. The van der Waals surface area contributed by atoms with E-state index in [1.165, 1.54) is 4.90 Å². The molecule has 0 aliphatic carbocycles. The van der Waals surface area contributed by atoms with Crippen LogP contribution in [0.5, 0.6) is 17.2 Å². The van der Waals surface area contributed by atoms with Crippen LogP contribution in [0.25, 0.3) is 0 Å². The molecule has 0 radical (unpaired) electrons. The molecule has 3 atom stereocenters. The molecule has 0 aromatic heterocycles. The van der Waals surface area contributed by atoms with Crippen molar-refractivity contribution >= 4 is 23.2 Å². The lowest BCUT2D eigenvalue weighted by atomic mass is 9.90. The van der Waals surface area contributed by atoms with E-state index < -0.39 is 24.0 Å². The maximum Gasteiger partial charge on any atom is 0.266 e. The molecule has 2 amide bonds. The standard InChI is InChI=1S/C31H34N2O6/c1-4-7-18-38-25-17-16-21(19-26(25)37-6-3)28-27-29(39-33(28)22-12-9-8-10-13-22)31(35)32(30(27)34)23-14-11-15-24(20-23)36-5-2/h8-17,19-20,27-29H,4-7,18H2,1-3H3/t27-,28-,29-/m0/s1. The molecule has 0 bridgehead atoms. The minimum atomic E-state index is -0.963. The van der Waals surface area contributed by atoms with Gasteiger partial charge in [-0.1, -0.05) is 43.7 Å². The van der Waals surface area contributed by atoms with Gasteiger partial charge in [-0.2, -0.15) is 0 Å². The fourth-order valence-electron chi connectivity index (χ4n) is 5.11. The normalized spacial score (nSPS) is 20.3. The molecular weight excluding hydrogens is 496 g/mol. The van der Waals surface area contributed by atoms with Gasteiger partial charge in [0, 0.05) is 6.07 Å². The van der Waals surface area contributed by atoms with E-state index >= 15 is 0 Å². The number of carbonyl (C=O) groups is 2. The number of nitrogens with zero attached hydrogens (tertiary/aromatic N) is 2. The second kappa shape index (κ2) is 11.8. The first kappa shape index (κ1) is 26.6. The predicted molar refractivity (Wildman–Crippen MR) is 148 cm³/mol. The van der Waals surface area contributed by atoms with Crippen LogP contribution in [-0.2, 0) is 14.4 Å². The zero-order valence-electron chi connectivity index (χ0n) is 22.5. The lowest BCUT2D eigenvalue weighted by Gasteiger charge is -2.29. The largest absolute Gasteiger partial charge is 0.494 e. The fraction of sp³-hybridized carbons (Fsp3) is 0.355. The summed E-state index contributed by atoms with van der Waals surface area (Å²) in [5, 5.41) is 1.68. The Hall–Kier alpha value is -4.04. The molecule has 8 nitrogen and oxygen atoms in total. The average molecular weight is 531 g/mol. The number of anilines is 2. The number of rotatable bonds is 11. The van der Waals surface area contributed by atoms with Gasteiger partial charge < -0.3 is 14.2 Å². The number of benzene rings is 3. The lowest BCUT2D eigenvalue weighted by Crippen LogP contribution is -2.37. The van der Waals surface area contributed by atoms with Crippen LogP contribution in [-0.4, -0.2) is 37.7 Å². The van der Waals surface area contributed by atoms with Gasteiger partial charge >= 0.3 is 0 Å². The molecule has 2 saturated heterocycles. The third-order valence-corrected chi connectivity index (χ3v) is 6.88. The summed E-state index contributed by atoms with van der Waals surface area (Å²) < 4.78 is 17.5. The Morgan fingerprint density at radius 3 is 2.28 bits per heavy atom. The van der Waals surface area contributed by atoms with E-state index in [9.17, 15) is 9.59 Å². The lowest BCUT2D eigenvalue weighted by molar-refractivity contribution is -0.126. The fourth-order valence-corrected chi connectivity index (χ4v) is 5.11. The van der Waals surface area contributed by atoms with Crippen LogP contribution >= 0.6 is 0 Å². The summed E-state index contributed by atoms with van der Waals surface area (Å²) in [6.45, 7) is 7.45. The molecular formula is C31H34N2O6. The highest BCUT2D eigenvalue weighted by molar-refractivity contribution is 6.24. The van der Waals surface area contributed by atoms with Crippen molar-refractivity contribution < 1.29 is 28.6 Å². The summed E-state index contributed by atoms with van der Waals surface area (Å²) >= 11 is 0. The van der Waals surface area contributed by atoms with E-state index in [1.54, 1.807) is 29.3 Å². The van der Waals surface area contributed by atoms with E-state index in [2.05, 4.69) is 6.92 Å². The van der Waals surface area contributed by atoms with Gasteiger partial charge in [-0.3, -0.25) is 14.4 Å². The topological polar surface area (TPSA) is 77.5 Å². The smallest absolute Gasteiger partial charge is 0.266 e. The monoisotopic (exact) mass is 530 g/mol. The second-order valence-electron chi connectivity index (χ2n) is 9.44. The predicted octanol–water partition coefficient (Wildman–Crippen LogP) is 5.71. The van der Waals surface area contributed by atoms with Crippen LogP contribution in [0.4, 0.5) is 11.4 Å². The highest BCUT2D eigenvalue weighted by atomic mass is 16.7. The first-order valence-electron chi connectivity index (χ1n) is 13.6. The summed E-state index contributed by atoms with van der Waals surface area (Å²) in [6, 6.07) is 21.7. The molecule has 5 rings (SSSR count). The van der Waals surface area contributed by atoms with Crippen molar-refractivity contribution in [2.45, 2.75) is 45.8 Å². The van der Waals surface area contributed by atoms with E-state index in [-0.39, 0.29) is 5.91 Å². The van der Waals surface area contributed by atoms with Crippen LogP contribution in [0.3, 0.4) is 0 Å². The Bertz CT molecular complexity index is 1310. The first-order valence-corrected chi connectivity index (χ1v) is 13.6. The Kier molecular flexibility index (Phi) is 8.02. The van der Waals surface area contributed by atoms with Gasteiger partial charge in [0.1, 0.15) is 11.7 Å². The van der Waals surface area contributed by atoms with Crippen molar-refractivity contribution in [2.75, 3.05) is 29.8 Å². The highest BCUT2D eigenvalue weighted by Gasteiger charge is 2.60. The Labute approximate surface area is 229 Å². The third kappa shape index (κ3) is 5.16. The van der Waals surface area contributed by atoms with Crippen LogP contribution < -0.4 is 24.2 Å². The molecule has 8 heteroatoms. The maximum atomic E-state index is 14.0. The minimum absolute atomic E-state index is 0.316. The van der Waals surface area contributed by atoms with Crippen LogP contribution in [0, 0.1) is 5.92 Å². The van der Waals surface area contributed by atoms with Crippen molar-refractivity contribution in [2.24, 2.45) is 5.92 Å². The SMILES string of the molecule is CCCCOc1ccc([C@H]2[C@@H]3C(=O)N(c4cccc(OCC)c4)C(=O)[C@H]3ON2c2ccccc2)cc1OCC. The number of imide groups is 1. The van der Waals surface area contributed by atoms with E-state index in [1.807, 2.05) is 62.4 Å². The number of hydrogen-bond acceptors (Lipinski definition) is 7. The van der Waals surface area contributed by atoms with Crippen molar-refractivity contribution in [3.63, 3.8) is 0 Å². The number of carbonyl (C=O) groups excluding carboxylic acids is 2. The van der Waals surface area contributed by atoms with Crippen molar-refractivity contribution in [1.29, 1.82) is 0 Å². The summed E-state index contributed by atoms with van der Waals surface area (Å²) in [7, 11) is 0. The van der Waals surface area contributed by atoms with Gasteiger partial charge in [0.2, 0.25) is 5.91 Å². The van der Waals surface area contributed by atoms with E-state index in [0.717, 1.165) is 24.1 Å². The molecule has 2 aliphatic heterocycles. The molecule has 0 unspecified atom stereocenters. The second-order valence-corrected chi connectivity index (χ2v) is 9.44. The average Bonchev–Trinajstić information content (AvgIpc) is 3.46. The summed E-state index contributed by atoms with van der Waals surface area (Å²) in [5.74, 6) is 0.375. The number of hydrogen-bond donors (Lipinski definition) is 0. The molecule has 204 valence electrons. The van der Waals surface area contributed by atoms with E-state index in [0.29, 0.717) is 42.8 Å². The Morgan fingerprint density at radius 2 is 1.54 bits per heavy atom. The molecule has 3 aromatic carbocycles. The summed E-state index contributed by atoms with van der Waals surface area (Å²) in [6.07, 6.45) is 0.998. The van der Waals surface area contributed by atoms with Gasteiger partial charge in [0.15, 0.2) is 17.6 Å². The minimum Gasteiger partial charge on any atom is -0.494 e. The zero-order chi connectivity index (χ0) is 27.4.